The molecule has 4 heteroatoms. The molecule has 2 nitrogen and oxygen atoms in total. The third kappa shape index (κ3) is 2.47. The van der Waals surface area contributed by atoms with Crippen molar-refractivity contribution >= 4 is 17.6 Å². The molecule has 0 aliphatic rings. The lowest BCUT2D eigenvalue weighted by Crippen LogP contribution is -2.33. The van der Waals surface area contributed by atoms with Gasteiger partial charge in [0.25, 0.3) is 5.67 Å². The minimum atomic E-state index is -2.36. The fourth-order valence-electron chi connectivity index (χ4n) is 1.91. The predicted octanol–water partition coefficient (Wildman–Crippen LogP) is 3.73. The molecule has 2 rings (SSSR count). The molecule has 0 aliphatic carbocycles. The first-order valence-electron chi connectivity index (χ1n) is 5.68. The smallest absolute Gasteiger partial charge is 0.353 e. The summed E-state index contributed by atoms with van der Waals surface area (Å²) < 4.78 is 19.9. The van der Waals surface area contributed by atoms with E-state index >= 15 is 4.39 Å². The van der Waals surface area contributed by atoms with Gasteiger partial charge in [-0.05, 0) is 12.1 Å². The standard InChI is InChI=1S/C15H12ClFO2/c1-19-14(18)15(17,11-6-3-2-4-7-11)12-8-5-9-13(16)10-12/h2-10H,1H3. The number of halogens is 2. The summed E-state index contributed by atoms with van der Waals surface area (Å²) in [5.41, 5.74) is -2.00. The summed E-state index contributed by atoms with van der Waals surface area (Å²) >= 11 is 5.87. The molecule has 19 heavy (non-hydrogen) atoms. The molecule has 1 atom stereocenters. The van der Waals surface area contributed by atoms with Crippen molar-refractivity contribution in [1.29, 1.82) is 0 Å². The van der Waals surface area contributed by atoms with E-state index in [9.17, 15) is 4.79 Å². The molecule has 0 aromatic heterocycles. The van der Waals surface area contributed by atoms with Gasteiger partial charge in [-0.2, -0.15) is 0 Å². The van der Waals surface area contributed by atoms with Crippen LogP contribution in [0.2, 0.25) is 5.02 Å². The number of benzene rings is 2. The summed E-state index contributed by atoms with van der Waals surface area (Å²) in [6.45, 7) is 0. The quantitative estimate of drug-likeness (QED) is 0.800. The number of ether oxygens (including phenoxy) is 1. The van der Waals surface area contributed by atoms with Crippen LogP contribution >= 0.6 is 11.6 Å². The average molecular weight is 279 g/mol. The van der Waals surface area contributed by atoms with Crippen LogP contribution in [-0.2, 0) is 15.2 Å². The van der Waals surface area contributed by atoms with Crippen LogP contribution in [0, 0.1) is 0 Å². The molecule has 0 amide bonds. The molecule has 2 aromatic rings. The van der Waals surface area contributed by atoms with E-state index in [1.807, 2.05) is 0 Å². The van der Waals surface area contributed by atoms with Crippen molar-refractivity contribution in [3.05, 3.63) is 70.7 Å². The monoisotopic (exact) mass is 278 g/mol. The highest BCUT2D eigenvalue weighted by Crippen LogP contribution is 2.36. The topological polar surface area (TPSA) is 26.3 Å². The summed E-state index contributed by atoms with van der Waals surface area (Å²) in [7, 11) is 1.16. The Bertz CT molecular complexity index is 586. The van der Waals surface area contributed by atoms with Crippen LogP contribution in [0.1, 0.15) is 11.1 Å². The predicted molar refractivity (Wildman–Crippen MR) is 71.8 cm³/mol. The van der Waals surface area contributed by atoms with Crippen LogP contribution in [0.15, 0.2) is 54.6 Å². The van der Waals surface area contributed by atoms with Gasteiger partial charge in [-0.3, -0.25) is 0 Å². The third-order valence-corrected chi connectivity index (χ3v) is 3.10. The molecule has 0 saturated carbocycles. The number of hydrogen-bond donors (Lipinski definition) is 0. The number of alkyl halides is 1. The molecule has 0 aliphatic heterocycles. The van der Waals surface area contributed by atoms with Crippen LogP contribution in [0.3, 0.4) is 0 Å². The maximum absolute atomic E-state index is 15.3. The van der Waals surface area contributed by atoms with E-state index in [1.54, 1.807) is 30.3 Å². The van der Waals surface area contributed by atoms with Crippen LogP contribution < -0.4 is 0 Å². The lowest BCUT2D eigenvalue weighted by Gasteiger charge is -2.23. The molecule has 1 unspecified atom stereocenters. The van der Waals surface area contributed by atoms with E-state index in [1.165, 1.54) is 24.3 Å². The number of carbonyl (C=O) groups is 1. The highest BCUT2D eigenvalue weighted by atomic mass is 35.5. The zero-order valence-corrected chi connectivity index (χ0v) is 11.0. The molecule has 0 bridgehead atoms. The van der Waals surface area contributed by atoms with E-state index in [4.69, 9.17) is 11.6 Å². The molecule has 0 radical (unpaired) electrons. The summed E-state index contributed by atoms with van der Waals surface area (Å²) in [6.07, 6.45) is 0. The average Bonchev–Trinajstić information content (AvgIpc) is 2.46. The second-order valence-corrected chi connectivity index (χ2v) is 4.46. The summed E-state index contributed by atoms with van der Waals surface area (Å²) in [5, 5.41) is 0.361. The van der Waals surface area contributed by atoms with Crippen molar-refractivity contribution in [2.45, 2.75) is 5.67 Å². The van der Waals surface area contributed by atoms with Crippen molar-refractivity contribution in [1.82, 2.24) is 0 Å². The molecular weight excluding hydrogens is 267 g/mol. The number of methoxy groups -OCH3 is 1. The fourth-order valence-corrected chi connectivity index (χ4v) is 2.10. The van der Waals surface area contributed by atoms with Gasteiger partial charge in [0, 0.05) is 16.1 Å². The highest BCUT2D eigenvalue weighted by molar-refractivity contribution is 6.30. The van der Waals surface area contributed by atoms with Gasteiger partial charge in [0.15, 0.2) is 0 Å². The minimum Gasteiger partial charge on any atom is -0.466 e. The van der Waals surface area contributed by atoms with Gasteiger partial charge in [0.05, 0.1) is 7.11 Å². The second-order valence-electron chi connectivity index (χ2n) is 4.03. The van der Waals surface area contributed by atoms with E-state index < -0.39 is 11.6 Å². The molecule has 0 fully saturated rings. The van der Waals surface area contributed by atoms with E-state index in [-0.39, 0.29) is 11.1 Å². The Morgan fingerprint density at radius 1 is 1.11 bits per heavy atom. The lowest BCUT2D eigenvalue weighted by molar-refractivity contribution is -0.152. The number of hydrogen-bond acceptors (Lipinski definition) is 2. The Labute approximate surface area is 115 Å². The molecule has 98 valence electrons. The zero-order valence-electron chi connectivity index (χ0n) is 10.3. The van der Waals surface area contributed by atoms with Gasteiger partial charge >= 0.3 is 5.97 Å². The summed E-state index contributed by atoms with van der Waals surface area (Å²) in [4.78, 5) is 11.9. The summed E-state index contributed by atoms with van der Waals surface area (Å²) in [6, 6.07) is 14.3. The van der Waals surface area contributed by atoms with Crippen molar-refractivity contribution in [2.75, 3.05) is 7.11 Å². The van der Waals surface area contributed by atoms with Gasteiger partial charge in [-0.25, -0.2) is 9.18 Å². The minimum absolute atomic E-state index is 0.151. The number of carbonyl (C=O) groups excluding carboxylic acids is 1. The Morgan fingerprint density at radius 3 is 2.32 bits per heavy atom. The van der Waals surface area contributed by atoms with Gasteiger partial charge in [-0.15, -0.1) is 0 Å². The first-order valence-corrected chi connectivity index (χ1v) is 6.05. The van der Waals surface area contributed by atoms with E-state index in [2.05, 4.69) is 4.74 Å². The molecule has 0 N–H and O–H groups in total. The molecule has 0 saturated heterocycles. The van der Waals surface area contributed by atoms with E-state index in [0.717, 1.165) is 7.11 Å². The Hall–Kier alpha value is -1.87. The van der Waals surface area contributed by atoms with Crippen molar-refractivity contribution in [3.8, 4) is 0 Å². The van der Waals surface area contributed by atoms with Crippen molar-refractivity contribution in [2.24, 2.45) is 0 Å². The van der Waals surface area contributed by atoms with Gasteiger partial charge in [0.1, 0.15) is 0 Å². The molecule has 2 aromatic carbocycles. The normalized spacial score (nSPS) is 13.6. The molecule has 0 spiro atoms. The first kappa shape index (κ1) is 13.6. The number of rotatable bonds is 3. The Kier molecular flexibility index (Phi) is 3.86. The first-order chi connectivity index (χ1) is 9.09. The molecule has 0 heterocycles. The maximum atomic E-state index is 15.3. The van der Waals surface area contributed by atoms with Crippen LogP contribution in [-0.4, -0.2) is 13.1 Å². The van der Waals surface area contributed by atoms with Crippen LogP contribution in [0.25, 0.3) is 0 Å². The van der Waals surface area contributed by atoms with Crippen LogP contribution in [0.5, 0.6) is 0 Å². The van der Waals surface area contributed by atoms with Gasteiger partial charge < -0.3 is 4.74 Å². The van der Waals surface area contributed by atoms with Crippen molar-refractivity contribution < 1.29 is 13.9 Å². The Morgan fingerprint density at radius 2 is 1.74 bits per heavy atom. The van der Waals surface area contributed by atoms with Gasteiger partial charge in [0.2, 0.25) is 0 Å². The summed E-state index contributed by atoms with van der Waals surface area (Å²) in [5.74, 6) is -0.971. The van der Waals surface area contributed by atoms with Crippen LogP contribution in [0.4, 0.5) is 4.39 Å². The number of esters is 1. The van der Waals surface area contributed by atoms with Gasteiger partial charge in [-0.1, -0.05) is 54.1 Å². The van der Waals surface area contributed by atoms with Crippen molar-refractivity contribution in [3.63, 3.8) is 0 Å². The lowest BCUT2D eigenvalue weighted by atomic mass is 9.88. The molecular formula is C15H12ClFO2. The maximum Gasteiger partial charge on any atom is 0.353 e. The van der Waals surface area contributed by atoms with E-state index in [0.29, 0.717) is 5.02 Å². The third-order valence-electron chi connectivity index (χ3n) is 2.86. The SMILES string of the molecule is COC(=O)C(F)(c1ccccc1)c1cccc(Cl)c1. The fraction of sp³-hybridized carbons (Fsp3) is 0.133. The highest BCUT2D eigenvalue weighted by Gasteiger charge is 2.43. The second kappa shape index (κ2) is 5.41. The largest absolute Gasteiger partial charge is 0.466 e. The zero-order chi connectivity index (χ0) is 13.9. The Balaban J connectivity index is 2.62.